The van der Waals surface area contributed by atoms with Crippen LogP contribution in [0.15, 0.2) is 85.2 Å². The molecule has 4 aromatic rings. The second-order valence-corrected chi connectivity index (χ2v) is 15.5. The normalized spacial score (nSPS) is 18.1. The van der Waals surface area contributed by atoms with Crippen LogP contribution in [-0.2, 0) is 0 Å². The zero-order valence-electron chi connectivity index (χ0n) is 20.6. The molecule has 2 aliphatic rings. The molecule has 6 rings (SSSR count). The maximum Gasteiger partial charge on any atom is 0.0967 e. The number of benzene rings is 2. The Morgan fingerprint density at radius 2 is 1.06 bits per heavy atom. The van der Waals surface area contributed by atoms with Crippen molar-refractivity contribution in [3.05, 3.63) is 85.2 Å². The molecule has 4 nitrogen and oxygen atoms in total. The topological polar surface area (TPSA) is 14.2 Å². The van der Waals surface area contributed by atoms with E-state index in [0.717, 1.165) is 11.4 Å². The second kappa shape index (κ2) is 7.75. The molecule has 0 atom stereocenters. The fourth-order valence-electron chi connectivity index (χ4n) is 5.95. The van der Waals surface area contributed by atoms with Gasteiger partial charge in [0.15, 0.2) is 0 Å². The molecule has 0 saturated heterocycles. The fourth-order valence-corrected chi connectivity index (χ4v) is 12.2. The number of rotatable bonds is 2. The summed E-state index contributed by atoms with van der Waals surface area (Å²) < 4.78 is 40.5. The Morgan fingerprint density at radius 3 is 1.42 bits per heavy atom. The number of nitrogens with zero attached hydrogens (tertiary/aromatic N) is 4. The van der Waals surface area contributed by atoms with Gasteiger partial charge in [-0.2, -0.15) is 0 Å². The molecular formula is C27H28Cl2F2N4Si. The molecule has 36 heavy (non-hydrogen) atoms. The maximum atomic E-state index is 18.9. The quantitative estimate of drug-likeness (QED) is 0.212. The Kier molecular flexibility index (Phi) is 5.31. The number of fused-ring (bicyclic) bond motifs is 10. The van der Waals surface area contributed by atoms with Crippen molar-refractivity contribution in [1.82, 2.24) is 0 Å². The van der Waals surface area contributed by atoms with E-state index >= 15 is 8.22 Å². The van der Waals surface area contributed by atoms with Gasteiger partial charge in [-0.05, 0) is 0 Å². The predicted octanol–water partition coefficient (Wildman–Crippen LogP) is 4.27. The number of anilines is 2. The minimum atomic E-state index is -7.09. The van der Waals surface area contributed by atoms with Crippen molar-refractivity contribution in [3.63, 3.8) is 0 Å². The van der Waals surface area contributed by atoms with Crippen molar-refractivity contribution in [3.8, 4) is 22.5 Å². The summed E-state index contributed by atoms with van der Waals surface area (Å²) in [5.41, 5.74) is 4.04. The van der Waals surface area contributed by atoms with Gasteiger partial charge in [0.05, 0.1) is 5.34 Å². The first-order valence-electron chi connectivity index (χ1n) is 11.6. The molecule has 2 aliphatic heterocycles. The van der Waals surface area contributed by atoms with E-state index in [1.807, 2.05) is 86.5 Å². The minimum Gasteiger partial charge on any atom is -0.109 e. The molecule has 0 aliphatic carbocycles. The summed E-state index contributed by atoms with van der Waals surface area (Å²) in [4.78, 5) is 3.90. The van der Waals surface area contributed by atoms with Crippen LogP contribution in [0.3, 0.4) is 0 Å². The number of alkyl halides is 2. The van der Waals surface area contributed by atoms with Gasteiger partial charge in [-0.25, -0.2) is 0 Å². The third-order valence-electron chi connectivity index (χ3n) is 7.53. The average molecular weight is 546 g/mol. The first kappa shape index (κ1) is 24.7. The number of hydrogen-bond acceptors (Lipinski definition) is 2. The van der Waals surface area contributed by atoms with E-state index in [1.54, 1.807) is 36.7 Å². The van der Waals surface area contributed by atoms with Crippen molar-refractivity contribution in [2.24, 2.45) is 0 Å². The molecule has 0 saturated carbocycles. The Morgan fingerprint density at radius 1 is 0.667 bits per heavy atom. The molecule has 188 valence electrons. The summed E-state index contributed by atoms with van der Waals surface area (Å²) in [6.45, 7) is 0. The zero-order chi connectivity index (χ0) is 25.9. The van der Waals surface area contributed by atoms with E-state index in [2.05, 4.69) is 0 Å². The zero-order valence-corrected chi connectivity index (χ0v) is 23.1. The van der Waals surface area contributed by atoms with E-state index in [4.69, 9.17) is 23.2 Å². The summed E-state index contributed by atoms with van der Waals surface area (Å²) in [6.07, 6.45) is 3.13. The van der Waals surface area contributed by atoms with Crippen molar-refractivity contribution in [2.75, 3.05) is 43.3 Å². The summed E-state index contributed by atoms with van der Waals surface area (Å²) >= 11 is 9.53. The van der Waals surface area contributed by atoms with Gasteiger partial charge in [-0.15, -0.1) is 23.2 Å². The van der Waals surface area contributed by atoms with E-state index in [0.29, 0.717) is 22.5 Å². The van der Waals surface area contributed by atoms with Gasteiger partial charge in [0, 0.05) is 0 Å². The van der Waals surface area contributed by atoms with Crippen LogP contribution in [0.1, 0.15) is 0 Å². The minimum absolute atomic E-state index is 0.107. The summed E-state index contributed by atoms with van der Waals surface area (Å²) in [7, 11) is 0.623. The van der Waals surface area contributed by atoms with Gasteiger partial charge in [-0.1, -0.05) is 0 Å². The third kappa shape index (κ3) is 2.73. The fraction of sp³-hybridized carbons (Fsp3) is 0.185. The van der Waals surface area contributed by atoms with Gasteiger partial charge in [0.1, 0.15) is 0 Å². The largest absolute Gasteiger partial charge is 0.109 e. The van der Waals surface area contributed by atoms with Crippen molar-refractivity contribution in [2.45, 2.75) is 0 Å². The van der Waals surface area contributed by atoms with Crippen molar-refractivity contribution < 1.29 is 16.7 Å². The molecular weight excluding hydrogens is 517 g/mol. The van der Waals surface area contributed by atoms with E-state index in [-0.39, 0.29) is 15.7 Å². The van der Waals surface area contributed by atoms with Crippen LogP contribution in [0, 0.1) is 0 Å². The van der Waals surface area contributed by atoms with Crippen LogP contribution in [0.4, 0.5) is 19.6 Å². The second-order valence-electron chi connectivity index (χ2n) is 9.72. The SMILES string of the molecule is CN(C)c1ccc2c(c1)-c1cccc[n+]1[Si-2]21(F)(F)c2ccc(N(C)C)cc2-c2cccc[n+]21.ClCCl. The van der Waals surface area contributed by atoms with Gasteiger partial charge in [0.25, 0.3) is 0 Å². The smallest absolute Gasteiger partial charge is 0.0967 e. The van der Waals surface area contributed by atoms with Crippen LogP contribution in [0.2, 0.25) is 0 Å². The van der Waals surface area contributed by atoms with Crippen LogP contribution in [0.25, 0.3) is 22.5 Å². The van der Waals surface area contributed by atoms with Gasteiger partial charge in [0.2, 0.25) is 0 Å². The van der Waals surface area contributed by atoms with Crippen LogP contribution in [-0.4, -0.2) is 41.1 Å². The first-order valence-corrected chi connectivity index (χ1v) is 15.3. The Hall–Kier alpha value is -3.00. The molecule has 0 bridgehead atoms. The number of aromatic nitrogens is 2. The predicted molar refractivity (Wildman–Crippen MR) is 147 cm³/mol. The summed E-state index contributed by atoms with van der Waals surface area (Å²) in [6, 6.07) is 21.4. The molecule has 4 heterocycles. The van der Waals surface area contributed by atoms with E-state index < -0.39 is 7.62 Å². The summed E-state index contributed by atoms with van der Waals surface area (Å²) in [5.74, 6) is 0. The number of halogens is 4. The molecule has 1 spiro atoms. The molecule has 0 N–H and O–H groups in total. The standard InChI is InChI=1S/C26H26F2N4Si.CH2Cl2/c1-29(2)19-11-13-25-21(17-19)23-9-5-7-15-31(23)33(25,27,28)26-14-12-20(30(3)4)18-22(26)24-10-6-8-16-32(24)33;2-1-3/h5-18H,1-4H3;1H2. The molecule has 0 radical (unpaired) electrons. The molecule has 2 aromatic carbocycles. The van der Waals surface area contributed by atoms with Crippen LogP contribution >= 0.6 is 23.2 Å². The number of pyridine rings is 2. The maximum absolute atomic E-state index is 18.9. The van der Waals surface area contributed by atoms with Crippen molar-refractivity contribution in [1.29, 1.82) is 0 Å². The Balaban J connectivity index is 0.000000848. The third-order valence-corrected chi connectivity index (χ3v) is 13.6. The van der Waals surface area contributed by atoms with Gasteiger partial charge in [-0.3, -0.25) is 0 Å². The van der Waals surface area contributed by atoms with Crippen molar-refractivity contribution >= 4 is 52.6 Å². The molecule has 9 heteroatoms. The van der Waals surface area contributed by atoms with E-state index in [9.17, 15) is 0 Å². The van der Waals surface area contributed by atoms with Crippen LogP contribution < -0.4 is 28.6 Å². The first-order chi connectivity index (χ1) is 17.0. The molecule has 0 amide bonds. The monoisotopic (exact) mass is 544 g/mol. The van der Waals surface area contributed by atoms with E-state index in [1.165, 1.54) is 8.47 Å². The van der Waals surface area contributed by atoms with Gasteiger partial charge < -0.3 is 0 Å². The molecule has 0 unspecified atom stereocenters. The molecule has 0 fully saturated rings. The summed E-state index contributed by atoms with van der Waals surface area (Å²) in [5, 5.41) is 0.409. The van der Waals surface area contributed by atoms with Gasteiger partial charge >= 0.3 is 192 Å². The number of hydrogen-bond donors (Lipinski definition) is 0. The molecule has 2 aromatic heterocycles. The van der Waals surface area contributed by atoms with Crippen LogP contribution in [0.5, 0.6) is 0 Å². The Labute approximate surface area is 219 Å². The Bertz CT molecular complexity index is 1430. The average Bonchev–Trinajstić information content (AvgIpc) is 3.20.